The zero-order valence-electron chi connectivity index (χ0n) is 19.1. The number of amidine groups is 1. The third-order valence-corrected chi connectivity index (χ3v) is 6.89. The van der Waals surface area contributed by atoms with Crippen LogP contribution in [0.5, 0.6) is 11.5 Å². The van der Waals surface area contributed by atoms with Crippen molar-refractivity contribution in [2.45, 2.75) is 13.0 Å². The molecule has 1 aliphatic rings. The van der Waals surface area contributed by atoms with Gasteiger partial charge in [0.2, 0.25) is 0 Å². The molecular weight excluding hydrogens is 526 g/mol. The second-order valence-corrected chi connectivity index (χ2v) is 9.45. The first kappa shape index (κ1) is 24.6. The van der Waals surface area contributed by atoms with E-state index >= 15 is 0 Å². The fourth-order valence-corrected chi connectivity index (χ4v) is 5.26. The Kier molecular flexibility index (Phi) is 7.91. The second kappa shape index (κ2) is 11.3. The summed E-state index contributed by atoms with van der Waals surface area (Å²) in [7, 11) is 1.53. The van der Waals surface area contributed by atoms with Crippen LogP contribution >= 0.6 is 27.7 Å². The first-order valence-corrected chi connectivity index (χ1v) is 12.4. The Hall–Kier alpha value is -3.54. The first-order chi connectivity index (χ1) is 17.0. The number of hydrogen-bond donors (Lipinski definition) is 0. The summed E-state index contributed by atoms with van der Waals surface area (Å²) in [5.41, 5.74) is 2.55. The highest BCUT2D eigenvalue weighted by Crippen LogP contribution is 2.41. The van der Waals surface area contributed by atoms with Crippen LogP contribution < -0.4 is 9.47 Å². The highest BCUT2D eigenvalue weighted by molar-refractivity contribution is 9.10. The molecule has 0 saturated carbocycles. The van der Waals surface area contributed by atoms with E-state index in [0.717, 1.165) is 16.8 Å². The number of ether oxygens (including phenoxy) is 2. The Balaban J connectivity index is 1.74. The van der Waals surface area contributed by atoms with E-state index in [4.69, 9.17) is 19.7 Å². The van der Waals surface area contributed by atoms with Gasteiger partial charge in [-0.05, 0) is 76.1 Å². The number of carbonyl (C=O) groups is 1. The SMILES string of the molecule is COc1cc(/C=C2/SC(=Nc3ccccc3)N([C@@H](C)c3ccccc3)C2=O)cc(Br)c1OCC#N. The van der Waals surface area contributed by atoms with Crippen LogP contribution in [0.25, 0.3) is 6.08 Å². The summed E-state index contributed by atoms with van der Waals surface area (Å²) < 4.78 is 11.6. The standard InChI is InChI=1S/C27H22BrN3O3S/c1-18(20-9-5-3-6-10-20)31-26(32)24(35-27(31)30-21-11-7-4-8-12-21)17-19-15-22(28)25(34-14-13-29)23(16-19)33-2/h3-12,15-18H,14H2,1-2H3/b24-17+,30-27?/t18-/m0/s1. The quantitative estimate of drug-likeness (QED) is 0.306. The van der Waals surface area contributed by atoms with Crippen molar-refractivity contribution in [3.8, 4) is 17.6 Å². The molecule has 0 aromatic heterocycles. The lowest BCUT2D eigenvalue weighted by Crippen LogP contribution is -2.32. The molecule has 0 aliphatic carbocycles. The van der Waals surface area contributed by atoms with Gasteiger partial charge in [0.05, 0.1) is 28.2 Å². The van der Waals surface area contributed by atoms with Crippen molar-refractivity contribution < 1.29 is 14.3 Å². The average molecular weight is 548 g/mol. The topological polar surface area (TPSA) is 74.9 Å². The summed E-state index contributed by atoms with van der Waals surface area (Å²) in [6.45, 7) is 1.90. The van der Waals surface area contributed by atoms with Crippen LogP contribution in [-0.4, -0.2) is 29.7 Å². The number of thioether (sulfide) groups is 1. The Labute approximate surface area is 217 Å². The van der Waals surface area contributed by atoms with Crippen molar-refractivity contribution >= 4 is 50.5 Å². The summed E-state index contributed by atoms with van der Waals surface area (Å²) in [6.07, 6.45) is 1.81. The van der Waals surface area contributed by atoms with Crippen molar-refractivity contribution in [1.29, 1.82) is 5.26 Å². The van der Waals surface area contributed by atoms with E-state index < -0.39 is 0 Å². The van der Waals surface area contributed by atoms with Crippen molar-refractivity contribution in [1.82, 2.24) is 4.90 Å². The van der Waals surface area contributed by atoms with Crippen LogP contribution in [0.4, 0.5) is 5.69 Å². The fraction of sp³-hybridized carbons (Fsp3) is 0.148. The van der Waals surface area contributed by atoms with Crippen molar-refractivity contribution in [2.24, 2.45) is 4.99 Å². The third-order valence-electron chi connectivity index (χ3n) is 5.32. The lowest BCUT2D eigenvalue weighted by atomic mass is 10.1. The Bertz CT molecular complexity index is 1320. The predicted molar refractivity (Wildman–Crippen MR) is 143 cm³/mol. The number of hydrogen-bond acceptors (Lipinski definition) is 6. The normalized spacial score (nSPS) is 16.4. The molecule has 176 valence electrons. The number of amides is 1. The van der Waals surface area contributed by atoms with Gasteiger partial charge >= 0.3 is 0 Å². The summed E-state index contributed by atoms with van der Waals surface area (Å²) in [5.74, 6) is 0.776. The molecule has 4 rings (SSSR count). The van der Waals surface area contributed by atoms with E-state index in [1.807, 2.05) is 85.8 Å². The molecule has 3 aromatic carbocycles. The molecule has 0 radical (unpaired) electrons. The van der Waals surface area contributed by atoms with E-state index in [9.17, 15) is 4.79 Å². The van der Waals surface area contributed by atoms with Gasteiger partial charge in [-0.3, -0.25) is 9.69 Å². The molecule has 3 aromatic rings. The summed E-state index contributed by atoms with van der Waals surface area (Å²) in [6, 6.07) is 24.8. The maximum atomic E-state index is 13.6. The Morgan fingerprint density at radius 2 is 1.83 bits per heavy atom. The van der Waals surface area contributed by atoms with E-state index in [1.54, 1.807) is 11.0 Å². The molecule has 0 spiro atoms. The molecule has 0 bridgehead atoms. The third kappa shape index (κ3) is 5.59. The smallest absolute Gasteiger partial charge is 0.267 e. The first-order valence-electron chi connectivity index (χ1n) is 10.8. The van der Waals surface area contributed by atoms with E-state index in [1.165, 1.54) is 18.9 Å². The minimum Gasteiger partial charge on any atom is -0.493 e. The molecular formula is C27H22BrN3O3S. The van der Waals surface area contributed by atoms with Gasteiger partial charge in [0.1, 0.15) is 6.07 Å². The number of halogens is 1. The Morgan fingerprint density at radius 3 is 2.49 bits per heavy atom. The number of nitrogens with zero attached hydrogens (tertiary/aromatic N) is 3. The average Bonchev–Trinajstić information content (AvgIpc) is 3.17. The number of para-hydroxylation sites is 1. The molecule has 1 fully saturated rings. The number of aliphatic imine (C=N–C) groups is 1. The van der Waals surface area contributed by atoms with Gasteiger partial charge in [0, 0.05) is 0 Å². The van der Waals surface area contributed by atoms with Gasteiger partial charge in [-0.1, -0.05) is 48.5 Å². The van der Waals surface area contributed by atoms with Crippen molar-refractivity contribution in [3.63, 3.8) is 0 Å². The van der Waals surface area contributed by atoms with Crippen molar-refractivity contribution in [2.75, 3.05) is 13.7 Å². The highest BCUT2D eigenvalue weighted by Gasteiger charge is 2.37. The lowest BCUT2D eigenvalue weighted by molar-refractivity contribution is -0.123. The largest absolute Gasteiger partial charge is 0.493 e. The molecule has 1 saturated heterocycles. The molecule has 1 amide bonds. The van der Waals surface area contributed by atoms with Crippen LogP contribution in [0.1, 0.15) is 24.1 Å². The van der Waals surface area contributed by atoms with Gasteiger partial charge in [0.25, 0.3) is 5.91 Å². The molecule has 1 heterocycles. The van der Waals surface area contributed by atoms with Crippen LogP contribution in [-0.2, 0) is 4.79 Å². The Morgan fingerprint density at radius 1 is 1.14 bits per heavy atom. The summed E-state index contributed by atoms with van der Waals surface area (Å²) >= 11 is 4.82. The number of benzene rings is 3. The molecule has 1 atom stereocenters. The van der Waals surface area contributed by atoms with Gasteiger partial charge in [0.15, 0.2) is 23.3 Å². The molecule has 1 aliphatic heterocycles. The monoisotopic (exact) mass is 547 g/mol. The van der Waals surface area contributed by atoms with Crippen LogP contribution in [0, 0.1) is 11.3 Å². The molecule has 6 nitrogen and oxygen atoms in total. The van der Waals surface area contributed by atoms with Gasteiger partial charge in [-0.15, -0.1) is 0 Å². The molecule has 0 N–H and O–H groups in total. The minimum absolute atomic E-state index is 0.102. The summed E-state index contributed by atoms with van der Waals surface area (Å²) in [5, 5.41) is 9.46. The molecule has 0 unspecified atom stereocenters. The number of methoxy groups -OCH3 is 1. The van der Waals surface area contributed by atoms with E-state index in [0.29, 0.717) is 26.0 Å². The van der Waals surface area contributed by atoms with Crippen LogP contribution in [0.15, 0.2) is 87.2 Å². The van der Waals surface area contributed by atoms with Crippen LogP contribution in [0.2, 0.25) is 0 Å². The van der Waals surface area contributed by atoms with Crippen molar-refractivity contribution in [3.05, 3.63) is 93.3 Å². The minimum atomic E-state index is -0.201. The highest BCUT2D eigenvalue weighted by atomic mass is 79.9. The van der Waals surface area contributed by atoms with Crippen LogP contribution in [0.3, 0.4) is 0 Å². The number of rotatable bonds is 7. The zero-order chi connectivity index (χ0) is 24.8. The fourth-order valence-electron chi connectivity index (χ4n) is 3.62. The lowest BCUT2D eigenvalue weighted by Gasteiger charge is -2.24. The molecule has 8 heteroatoms. The predicted octanol–water partition coefficient (Wildman–Crippen LogP) is 6.73. The van der Waals surface area contributed by atoms with Gasteiger partial charge in [-0.25, -0.2) is 4.99 Å². The maximum absolute atomic E-state index is 13.6. The zero-order valence-corrected chi connectivity index (χ0v) is 21.5. The molecule has 35 heavy (non-hydrogen) atoms. The van der Waals surface area contributed by atoms with E-state index in [2.05, 4.69) is 15.9 Å². The van der Waals surface area contributed by atoms with E-state index in [-0.39, 0.29) is 18.6 Å². The number of nitriles is 1. The van der Waals surface area contributed by atoms with Gasteiger partial charge < -0.3 is 9.47 Å². The number of carbonyl (C=O) groups excluding carboxylic acids is 1. The second-order valence-electron chi connectivity index (χ2n) is 7.58. The van der Waals surface area contributed by atoms with Gasteiger partial charge in [-0.2, -0.15) is 5.26 Å². The maximum Gasteiger partial charge on any atom is 0.267 e. The summed E-state index contributed by atoms with van der Waals surface area (Å²) in [4.78, 5) is 20.7.